The van der Waals surface area contributed by atoms with E-state index < -0.39 is 0 Å². The number of hydrogen-bond donors (Lipinski definition) is 2. The van der Waals surface area contributed by atoms with Crippen LogP contribution >= 0.6 is 0 Å². The Morgan fingerprint density at radius 3 is 2.55 bits per heavy atom. The lowest BCUT2D eigenvalue weighted by atomic mass is 10.1. The lowest BCUT2D eigenvalue weighted by Gasteiger charge is -2.07. The molecule has 2 N–H and O–H groups in total. The second kappa shape index (κ2) is 6.62. The molecule has 1 fully saturated rings. The lowest BCUT2D eigenvalue weighted by Crippen LogP contribution is -2.14. The van der Waals surface area contributed by atoms with Crippen LogP contribution in [-0.2, 0) is 4.79 Å². The van der Waals surface area contributed by atoms with Crippen molar-refractivity contribution in [2.45, 2.75) is 12.3 Å². The second-order valence-corrected chi connectivity index (χ2v) is 5.45. The highest BCUT2D eigenvalue weighted by Crippen LogP contribution is 2.47. The van der Waals surface area contributed by atoms with E-state index in [1.807, 2.05) is 30.3 Å². The van der Waals surface area contributed by atoms with Gasteiger partial charge in [-0.25, -0.2) is 0 Å². The number of nitrogens with one attached hydrogen (secondary N) is 1. The van der Waals surface area contributed by atoms with Gasteiger partial charge in [-0.05, 0) is 42.2 Å². The summed E-state index contributed by atoms with van der Waals surface area (Å²) < 4.78 is 5.29. The van der Waals surface area contributed by atoms with Gasteiger partial charge < -0.3 is 15.2 Å². The Balaban J connectivity index is 1.54. The van der Waals surface area contributed by atoms with Crippen LogP contribution in [-0.4, -0.2) is 24.2 Å². The number of hydrogen-bond acceptors (Lipinski definition) is 3. The molecule has 1 aliphatic rings. The molecule has 0 spiro atoms. The van der Waals surface area contributed by atoms with Gasteiger partial charge in [0.1, 0.15) is 12.4 Å². The Morgan fingerprint density at radius 2 is 1.86 bits per heavy atom. The zero-order valence-corrected chi connectivity index (χ0v) is 12.2. The number of carbonyl (C=O) groups is 1. The van der Waals surface area contributed by atoms with Crippen LogP contribution in [0.1, 0.15) is 17.9 Å². The highest BCUT2D eigenvalue weighted by atomic mass is 16.5. The maximum atomic E-state index is 12.2. The van der Waals surface area contributed by atoms with Crippen LogP contribution in [0.4, 0.5) is 5.69 Å². The predicted molar refractivity (Wildman–Crippen MR) is 84.9 cm³/mol. The molecule has 2 aromatic rings. The minimum absolute atomic E-state index is 0.0129. The molecule has 4 nitrogen and oxygen atoms in total. The van der Waals surface area contributed by atoms with Gasteiger partial charge in [0.15, 0.2) is 0 Å². The molecule has 1 amide bonds. The largest absolute Gasteiger partial charge is 0.491 e. The molecular formula is C18H19NO3. The first-order valence-electron chi connectivity index (χ1n) is 7.47. The topological polar surface area (TPSA) is 58.6 Å². The molecule has 2 aromatic carbocycles. The number of ether oxygens (including phenoxy) is 1. The summed E-state index contributed by atoms with van der Waals surface area (Å²) in [5.74, 6) is 1.15. The normalized spacial score (nSPS) is 19.5. The van der Waals surface area contributed by atoms with E-state index in [1.165, 1.54) is 5.56 Å². The Kier molecular flexibility index (Phi) is 4.39. The third-order valence-corrected chi connectivity index (χ3v) is 3.84. The van der Waals surface area contributed by atoms with E-state index in [0.29, 0.717) is 11.7 Å². The molecular weight excluding hydrogens is 278 g/mol. The maximum Gasteiger partial charge on any atom is 0.228 e. The van der Waals surface area contributed by atoms with Gasteiger partial charge in [-0.2, -0.15) is 0 Å². The highest BCUT2D eigenvalue weighted by Gasteiger charge is 2.43. The van der Waals surface area contributed by atoms with Gasteiger partial charge in [0.25, 0.3) is 0 Å². The Hall–Kier alpha value is -2.33. The van der Waals surface area contributed by atoms with Crippen LogP contribution in [0.2, 0.25) is 0 Å². The van der Waals surface area contributed by atoms with Gasteiger partial charge in [-0.3, -0.25) is 4.79 Å². The molecule has 3 rings (SSSR count). The van der Waals surface area contributed by atoms with Crippen molar-refractivity contribution in [1.29, 1.82) is 0 Å². The molecule has 22 heavy (non-hydrogen) atoms. The molecule has 0 aliphatic heterocycles. The van der Waals surface area contributed by atoms with Crippen LogP contribution in [0.25, 0.3) is 0 Å². The van der Waals surface area contributed by atoms with Gasteiger partial charge in [0.2, 0.25) is 5.91 Å². The van der Waals surface area contributed by atoms with Crippen LogP contribution in [0, 0.1) is 5.92 Å². The SMILES string of the molecule is O=C(Nc1ccc(OCCO)cc1)C1CC1c1ccccc1. The first-order chi connectivity index (χ1) is 10.8. The van der Waals surface area contributed by atoms with Crippen molar-refractivity contribution in [1.82, 2.24) is 0 Å². The smallest absolute Gasteiger partial charge is 0.228 e. The van der Waals surface area contributed by atoms with Crippen molar-refractivity contribution in [2.24, 2.45) is 5.92 Å². The van der Waals surface area contributed by atoms with E-state index in [-0.39, 0.29) is 25.0 Å². The fourth-order valence-electron chi connectivity index (χ4n) is 2.59. The quantitative estimate of drug-likeness (QED) is 0.862. The molecule has 0 aromatic heterocycles. The van der Waals surface area contributed by atoms with Gasteiger partial charge in [0.05, 0.1) is 6.61 Å². The van der Waals surface area contributed by atoms with E-state index >= 15 is 0 Å². The lowest BCUT2D eigenvalue weighted by molar-refractivity contribution is -0.117. The van der Waals surface area contributed by atoms with Crippen molar-refractivity contribution < 1.29 is 14.6 Å². The molecule has 0 radical (unpaired) electrons. The molecule has 0 bridgehead atoms. The molecule has 114 valence electrons. The van der Waals surface area contributed by atoms with Gasteiger partial charge >= 0.3 is 0 Å². The third kappa shape index (κ3) is 3.46. The van der Waals surface area contributed by atoms with Gasteiger partial charge in [0, 0.05) is 11.6 Å². The van der Waals surface area contributed by atoms with Gasteiger partial charge in [-0.15, -0.1) is 0 Å². The van der Waals surface area contributed by atoms with Crippen molar-refractivity contribution >= 4 is 11.6 Å². The number of amides is 1. The van der Waals surface area contributed by atoms with Crippen LogP contribution in [0.15, 0.2) is 54.6 Å². The van der Waals surface area contributed by atoms with E-state index in [4.69, 9.17) is 9.84 Å². The number of aliphatic hydroxyl groups is 1. The maximum absolute atomic E-state index is 12.2. The standard InChI is InChI=1S/C18H19NO3/c20-10-11-22-15-8-6-14(7-9-15)19-18(21)17-12-16(17)13-4-2-1-3-5-13/h1-9,16-17,20H,10-12H2,(H,19,21). The van der Waals surface area contributed by atoms with Gasteiger partial charge in [-0.1, -0.05) is 30.3 Å². The van der Waals surface area contributed by atoms with Crippen molar-refractivity contribution in [3.63, 3.8) is 0 Å². The first kappa shape index (κ1) is 14.6. The molecule has 2 unspecified atom stereocenters. The van der Waals surface area contributed by atoms with E-state index in [0.717, 1.165) is 12.1 Å². The number of anilines is 1. The molecule has 1 aliphatic carbocycles. The summed E-state index contributed by atoms with van der Waals surface area (Å²) in [4.78, 5) is 12.2. The number of benzene rings is 2. The third-order valence-electron chi connectivity index (χ3n) is 3.84. The van der Waals surface area contributed by atoms with Crippen LogP contribution < -0.4 is 10.1 Å². The Morgan fingerprint density at radius 1 is 1.14 bits per heavy atom. The highest BCUT2D eigenvalue weighted by molar-refractivity contribution is 5.95. The fourth-order valence-corrected chi connectivity index (χ4v) is 2.59. The van der Waals surface area contributed by atoms with Crippen LogP contribution in [0.3, 0.4) is 0 Å². The summed E-state index contributed by atoms with van der Waals surface area (Å²) in [5, 5.41) is 11.6. The number of rotatable bonds is 6. The summed E-state index contributed by atoms with van der Waals surface area (Å²) in [5.41, 5.74) is 2.00. The minimum atomic E-state index is -0.0129. The average molecular weight is 297 g/mol. The van der Waals surface area contributed by atoms with E-state index in [1.54, 1.807) is 12.1 Å². The molecule has 0 saturated heterocycles. The zero-order valence-electron chi connectivity index (χ0n) is 12.2. The molecule has 4 heteroatoms. The summed E-state index contributed by atoms with van der Waals surface area (Å²) in [7, 11) is 0. The second-order valence-electron chi connectivity index (χ2n) is 5.45. The minimum Gasteiger partial charge on any atom is -0.491 e. The number of aliphatic hydroxyl groups excluding tert-OH is 1. The first-order valence-corrected chi connectivity index (χ1v) is 7.47. The fraction of sp³-hybridized carbons (Fsp3) is 0.278. The predicted octanol–water partition coefficient (Wildman–Crippen LogP) is 2.80. The van der Waals surface area contributed by atoms with Crippen molar-refractivity contribution in [3.8, 4) is 5.75 Å². The average Bonchev–Trinajstić information content (AvgIpc) is 3.36. The summed E-state index contributed by atoms with van der Waals surface area (Å²) in [6, 6.07) is 17.3. The summed E-state index contributed by atoms with van der Waals surface area (Å²) in [6.07, 6.45) is 0.910. The van der Waals surface area contributed by atoms with E-state index in [2.05, 4.69) is 17.4 Å². The molecule has 2 atom stereocenters. The number of carbonyl (C=O) groups excluding carboxylic acids is 1. The Bertz CT molecular complexity index is 625. The summed E-state index contributed by atoms with van der Waals surface area (Å²) >= 11 is 0. The Labute approximate surface area is 129 Å². The molecule has 0 heterocycles. The van der Waals surface area contributed by atoms with E-state index in [9.17, 15) is 4.79 Å². The summed E-state index contributed by atoms with van der Waals surface area (Å²) in [6.45, 7) is 0.258. The monoisotopic (exact) mass is 297 g/mol. The molecule has 1 saturated carbocycles. The zero-order chi connectivity index (χ0) is 15.4. The van der Waals surface area contributed by atoms with Crippen molar-refractivity contribution in [3.05, 3.63) is 60.2 Å². The van der Waals surface area contributed by atoms with Crippen molar-refractivity contribution in [2.75, 3.05) is 18.5 Å². The van der Waals surface area contributed by atoms with Crippen LogP contribution in [0.5, 0.6) is 5.75 Å².